The first-order chi connectivity index (χ1) is 13.7. The second-order valence-electron chi connectivity index (χ2n) is 6.10. The smallest absolute Gasteiger partial charge is 0.287 e. The first-order valence-corrected chi connectivity index (χ1v) is 9.24. The predicted octanol–water partition coefficient (Wildman–Crippen LogP) is 2.64. The summed E-state index contributed by atoms with van der Waals surface area (Å²) in [5.74, 6) is 1.68. The maximum atomic E-state index is 12.0. The number of hydrogen-bond donors (Lipinski definition) is 3. The zero-order valence-electron chi connectivity index (χ0n) is 16.5. The molecule has 0 saturated heterocycles. The van der Waals surface area contributed by atoms with Gasteiger partial charge in [0.05, 0.1) is 6.26 Å². The lowest BCUT2D eigenvalue weighted by Crippen LogP contribution is -2.38. The van der Waals surface area contributed by atoms with E-state index in [0.717, 1.165) is 23.3 Å². The van der Waals surface area contributed by atoms with Gasteiger partial charge in [-0.15, -0.1) is 0 Å². The van der Waals surface area contributed by atoms with Crippen molar-refractivity contribution in [1.82, 2.24) is 16.0 Å². The van der Waals surface area contributed by atoms with Crippen molar-refractivity contribution in [1.29, 1.82) is 0 Å². The number of aliphatic imine (C=N–C) groups is 1. The van der Waals surface area contributed by atoms with Gasteiger partial charge in [0.25, 0.3) is 5.91 Å². The summed E-state index contributed by atoms with van der Waals surface area (Å²) in [5, 5.41) is 9.34. The zero-order valence-corrected chi connectivity index (χ0v) is 16.5. The number of nitrogens with one attached hydrogen (secondary N) is 3. The lowest BCUT2D eigenvalue weighted by atomic mass is 10.2. The maximum Gasteiger partial charge on any atom is 0.287 e. The summed E-state index contributed by atoms with van der Waals surface area (Å²) in [6.07, 6.45) is 3.99. The van der Waals surface area contributed by atoms with Gasteiger partial charge in [0, 0.05) is 37.8 Å². The van der Waals surface area contributed by atoms with Crippen LogP contribution >= 0.6 is 0 Å². The fourth-order valence-electron chi connectivity index (χ4n) is 2.52. The van der Waals surface area contributed by atoms with Gasteiger partial charge < -0.3 is 25.1 Å². The Morgan fingerprint density at radius 2 is 2.00 bits per heavy atom. The number of para-hydroxylation sites is 1. The highest BCUT2D eigenvalue weighted by molar-refractivity contribution is 5.92. The third-order valence-corrected chi connectivity index (χ3v) is 4.00. The summed E-state index contributed by atoms with van der Waals surface area (Å²) in [7, 11) is 1.72. The summed E-state index contributed by atoms with van der Waals surface area (Å²) in [5.41, 5.74) is 1.87. The van der Waals surface area contributed by atoms with Crippen LogP contribution in [0, 0.1) is 6.92 Å². The van der Waals surface area contributed by atoms with E-state index in [1.54, 1.807) is 19.2 Å². The summed E-state index contributed by atoms with van der Waals surface area (Å²) in [6.45, 7) is 7.78. The van der Waals surface area contributed by atoms with Gasteiger partial charge >= 0.3 is 0 Å². The van der Waals surface area contributed by atoms with Gasteiger partial charge in [0.2, 0.25) is 0 Å². The molecule has 1 aromatic carbocycles. The molecule has 7 nitrogen and oxygen atoms in total. The Hall–Kier alpha value is -3.22. The maximum absolute atomic E-state index is 12.0. The summed E-state index contributed by atoms with van der Waals surface area (Å²) in [6, 6.07) is 9.61. The molecule has 0 saturated carbocycles. The predicted molar refractivity (Wildman–Crippen MR) is 111 cm³/mol. The third kappa shape index (κ3) is 6.50. The number of guanidine groups is 1. The van der Waals surface area contributed by atoms with Crippen molar-refractivity contribution in [3.8, 4) is 5.75 Å². The fourth-order valence-corrected chi connectivity index (χ4v) is 2.52. The Balaban J connectivity index is 1.70. The number of carbonyl (C=O) groups excluding carboxylic acids is 1. The molecule has 28 heavy (non-hydrogen) atoms. The van der Waals surface area contributed by atoms with Gasteiger partial charge in [-0.3, -0.25) is 9.79 Å². The number of nitrogens with zero attached hydrogens (tertiary/aromatic N) is 1. The minimum absolute atomic E-state index is 0.193. The molecule has 0 atom stereocenters. The van der Waals surface area contributed by atoms with E-state index in [9.17, 15) is 4.79 Å². The number of hydrogen-bond acceptors (Lipinski definition) is 4. The Kier molecular flexibility index (Phi) is 8.65. The average Bonchev–Trinajstić information content (AvgIpc) is 3.15. The van der Waals surface area contributed by atoms with Crippen LogP contribution in [0.4, 0.5) is 0 Å². The van der Waals surface area contributed by atoms with E-state index in [1.165, 1.54) is 6.26 Å². The van der Waals surface area contributed by atoms with Crippen molar-refractivity contribution in [3.63, 3.8) is 0 Å². The first-order valence-electron chi connectivity index (χ1n) is 9.24. The third-order valence-electron chi connectivity index (χ3n) is 4.00. The first kappa shape index (κ1) is 21.1. The Bertz CT molecular complexity index is 798. The molecule has 1 heterocycles. The molecule has 0 aliphatic heterocycles. The lowest BCUT2D eigenvalue weighted by Gasteiger charge is -2.14. The van der Waals surface area contributed by atoms with Gasteiger partial charge in [-0.1, -0.05) is 30.9 Å². The van der Waals surface area contributed by atoms with Crippen molar-refractivity contribution in [2.24, 2.45) is 4.99 Å². The van der Waals surface area contributed by atoms with E-state index in [0.29, 0.717) is 38.0 Å². The van der Waals surface area contributed by atoms with Gasteiger partial charge in [-0.25, -0.2) is 0 Å². The van der Waals surface area contributed by atoms with Gasteiger partial charge in [-0.2, -0.15) is 0 Å². The van der Waals surface area contributed by atoms with Crippen molar-refractivity contribution < 1.29 is 13.9 Å². The van der Waals surface area contributed by atoms with Crippen LogP contribution in [0.25, 0.3) is 0 Å². The number of furan rings is 1. The lowest BCUT2D eigenvalue weighted by molar-refractivity contribution is 0.0925. The average molecular weight is 384 g/mol. The molecule has 150 valence electrons. The summed E-state index contributed by atoms with van der Waals surface area (Å²) >= 11 is 0. The minimum Gasteiger partial charge on any atom is -0.489 e. The van der Waals surface area contributed by atoms with E-state index in [-0.39, 0.29) is 5.91 Å². The van der Waals surface area contributed by atoms with Crippen LogP contribution in [0.15, 0.2) is 58.7 Å². The molecule has 0 bridgehead atoms. The second kappa shape index (κ2) is 11.5. The highest BCUT2D eigenvalue weighted by Crippen LogP contribution is 2.17. The minimum atomic E-state index is -0.193. The number of ether oxygens (including phenoxy) is 1. The van der Waals surface area contributed by atoms with E-state index in [1.807, 2.05) is 31.2 Å². The second-order valence-corrected chi connectivity index (χ2v) is 6.10. The normalized spacial score (nSPS) is 11.0. The molecule has 0 aliphatic rings. The van der Waals surface area contributed by atoms with Crippen molar-refractivity contribution in [3.05, 3.63) is 66.1 Å². The number of carbonyl (C=O) groups is 1. The van der Waals surface area contributed by atoms with Crippen LogP contribution in [-0.2, 0) is 6.54 Å². The molecule has 0 spiro atoms. The van der Waals surface area contributed by atoms with E-state index >= 15 is 0 Å². The quantitative estimate of drug-likeness (QED) is 0.254. The Morgan fingerprint density at radius 1 is 1.21 bits per heavy atom. The molecular weight excluding hydrogens is 356 g/mol. The van der Waals surface area contributed by atoms with Crippen molar-refractivity contribution >= 4 is 11.9 Å². The van der Waals surface area contributed by atoms with Crippen LogP contribution < -0.4 is 20.7 Å². The van der Waals surface area contributed by atoms with E-state index in [4.69, 9.17) is 9.15 Å². The van der Waals surface area contributed by atoms with Crippen LogP contribution in [0.3, 0.4) is 0 Å². The molecule has 0 fully saturated rings. The van der Waals surface area contributed by atoms with Crippen LogP contribution in [-0.4, -0.2) is 38.6 Å². The fraction of sp³-hybridized carbons (Fsp3) is 0.333. The zero-order chi connectivity index (χ0) is 20.2. The molecule has 1 aromatic heterocycles. The molecule has 2 aromatic rings. The molecule has 2 rings (SSSR count). The molecule has 1 amide bonds. The Labute approximate surface area is 165 Å². The summed E-state index contributed by atoms with van der Waals surface area (Å²) in [4.78, 5) is 16.2. The standard InChI is InChI=1S/C21H28N4O3/c1-4-13-27-18-9-6-5-8-17(18)15-25-21(22-3)24-12-7-11-23-20(26)19-16(2)10-14-28-19/h4-6,8-10,14H,1,7,11-13,15H2,2-3H3,(H,23,26)(H2,22,24,25). The van der Waals surface area contributed by atoms with E-state index in [2.05, 4.69) is 27.5 Å². The topological polar surface area (TPSA) is 87.9 Å². The van der Waals surface area contributed by atoms with Crippen molar-refractivity contribution in [2.45, 2.75) is 19.9 Å². The summed E-state index contributed by atoms with van der Waals surface area (Å²) < 4.78 is 10.8. The number of amides is 1. The van der Waals surface area contributed by atoms with Crippen LogP contribution in [0.5, 0.6) is 5.75 Å². The SMILES string of the molecule is C=CCOc1ccccc1CNC(=NC)NCCCNC(=O)c1occc1C. The monoisotopic (exact) mass is 384 g/mol. The molecule has 0 aliphatic carbocycles. The van der Waals surface area contributed by atoms with Gasteiger partial charge in [-0.05, 0) is 25.5 Å². The van der Waals surface area contributed by atoms with Crippen molar-refractivity contribution in [2.75, 3.05) is 26.7 Å². The number of benzene rings is 1. The van der Waals surface area contributed by atoms with Crippen LogP contribution in [0.1, 0.15) is 28.1 Å². The molecule has 0 radical (unpaired) electrons. The molecule has 3 N–H and O–H groups in total. The Morgan fingerprint density at radius 3 is 2.71 bits per heavy atom. The highest BCUT2D eigenvalue weighted by atomic mass is 16.5. The molecule has 0 unspecified atom stereocenters. The van der Waals surface area contributed by atoms with Crippen LogP contribution in [0.2, 0.25) is 0 Å². The van der Waals surface area contributed by atoms with E-state index < -0.39 is 0 Å². The van der Waals surface area contributed by atoms with Gasteiger partial charge in [0.1, 0.15) is 12.4 Å². The largest absolute Gasteiger partial charge is 0.489 e. The molecule has 7 heteroatoms. The number of rotatable bonds is 10. The van der Waals surface area contributed by atoms with Gasteiger partial charge in [0.15, 0.2) is 11.7 Å². The highest BCUT2D eigenvalue weighted by Gasteiger charge is 2.11. The molecular formula is C21H28N4O3. The number of aryl methyl sites for hydroxylation is 1.